The van der Waals surface area contributed by atoms with E-state index in [9.17, 15) is 9.90 Å². The number of pyridine rings is 1. The van der Waals surface area contributed by atoms with E-state index >= 15 is 0 Å². The third-order valence-electron chi connectivity index (χ3n) is 5.30. The average molecular weight is 380 g/mol. The van der Waals surface area contributed by atoms with Gasteiger partial charge in [0.2, 0.25) is 0 Å². The Morgan fingerprint density at radius 1 is 1.29 bits per heavy atom. The van der Waals surface area contributed by atoms with Gasteiger partial charge in [-0.05, 0) is 23.6 Å². The number of amides is 1. The molecule has 1 aliphatic heterocycles. The van der Waals surface area contributed by atoms with E-state index in [1.165, 1.54) is 0 Å². The van der Waals surface area contributed by atoms with Gasteiger partial charge in [0.05, 0.1) is 11.4 Å². The normalized spacial score (nSPS) is 17.9. The fraction of sp³-hybridized carbons (Fsp3) is 0.400. The van der Waals surface area contributed by atoms with E-state index in [4.69, 9.17) is 0 Å². The molecule has 3 aromatic heterocycles. The molecular formula is C20H24N6O2. The van der Waals surface area contributed by atoms with Crippen molar-refractivity contribution in [1.29, 1.82) is 0 Å². The first-order valence-corrected chi connectivity index (χ1v) is 9.33. The van der Waals surface area contributed by atoms with Crippen molar-refractivity contribution in [1.82, 2.24) is 24.8 Å². The first-order valence-electron chi connectivity index (χ1n) is 9.33. The molecule has 0 aliphatic carbocycles. The number of fused-ring (bicyclic) bond motifs is 1. The summed E-state index contributed by atoms with van der Waals surface area (Å²) in [6, 6.07) is 5.80. The lowest BCUT2D eigenvalue weighted by molar-refractivity contribution is 0.0747. The fourth-order valence-corrected chi connectivity index (χ4v) is 3.80. The van der Waals surface area contributed by atoms with Gasteiger partial charge in [0.25, 0.3) is 0 Å². The Labute approximate surface area is 163 Å². The number of hydrogen-bond acceptors (Lipinski definition) is 5. The highest BCUT2D eigenvalue weighted by Gasteiger charge is 2.38. The highest BCUT2D eigenvalue weighted by Crippen LogP contribution is 2.33. The second kappa shape index (κ2) is 6.78. The number of hydrogen-bond donors (Lipinski definition) is 2. The average Bonchev–Trinajstić information content (AvgIpc) is 3.12. The van der Waals surface area contributed by atoms with Crippen molar-refractivity contribution in [3.8, 4) is 11.3 Å². The summed E-state index contributed by atoms with van der Waals surface area (Å²) in [7, 11) is 0. The van der Waals surface area contributed by atoms with E-state index in [2.05, 4.69) is 45.6 Å². The van der Waals surface area contributed by atoms with Crippen molar-refractivity contribution in [3.63, 3.8) is 0 Å². The Hall–Kier alpha value is -3.16. The Balaban J connectivity index is 1.71. The van der Waals surface area contributed by atoms with Gasteiger partial charge in [-0.3, -0.25) is 4.98 Å². The standard InChI is InChI=1S/C20H24N6O2/c1-20(2,3)16-11-25(7-8-26(16)19(27)28)18-14-9-15(13-5-4-6-21-10-13)24-17(14)22-12-23-18/h4-6,9-10,12,16H,7-8,11H2,1-3H3,(H,27,28)(H,22,23,24). The summed E-state index contributed by atoms with van der Waals surface area (Å²) in [5.41, 5.74) is 2.50. The molecule has 4 heterocycles. The third-order valence-corrected chi connectivity index (χ3v) is 5.30. The summed E-state index contributed by atoms with van der Waals surface area (Å²) in [6.45, 7) is 7.85. The summed E-state index contributed by atoms with van der Waals surface area (Å²) < 4.78 is 0. The van der Waals surface area contributed by atoms with Gasteiger partial charge in [-0.1, -0.05) is 20.8 Å². The van der Waals surface area contributed by atoms with Crippen molar-refractivity contribution in [3.05, 3.63) is 36.9 Å². The van der Waals surface area contributed by atoms with Crippen LogP contribution < -0.4 is 4.90 Å². The highest BCUT2D eigenvalue weighted by molar-refractivity contribution is 5.92. The number of carbonyl (C=O) groups is 1. The number of aromatic amines is 1. The van der Waals surface area contributed by atoms with Gasteiger partial charge in [-0.15, -0.1) is 0 Å². The van der Waals surface area contributed by atoms with Crippen LogP contribution in [0.4, 0.5) is 10.6 Å². The van der Waals surface area contributed by atoms with Crippen molar-refractivity contribution >= 4 is 22.9 Å². The number of nitrogens with one attached hydrogen (secondary N) is 1. The first-order chi connectivity index (χ1) is 13.3. The Morgan fingerprint density at radius 3 is 2.79 bits per heavy atom. The van der Waals surface area contributed by atoms with Gasteiger partial charge in [0.1, 0.15) is 17.8 Å². The molecule has 1 fully saturated rings. The van der Waals surface area contributed by atoms with Gasteiger partial charge in [-0.2, -0.15) is 0 Å². The van der Waals surface area contributed by atoms with Gasteiger partial charge in [-0.25, -0.2) is 14.8 Å². The highest BCUT2D eigenvalue weighted by atomic mass is 16.4. The number of H-pyrrole nitrogens is 1. The molecule has 8 heteroatoms. The first kappa shape index (κ1) is 18.2. The molecule has 0 aromatic carbocycles. The minimum atomic E-state index is -0.868. The largest absolute Gasteiger partial charge is 0.465 e. The number of aromatic nitrogens is 4. The molecule has 0 saturated carbocycles. The van der Waals surface area contributed by atoms with E-state index in [0.29, 0.717) is 19.6 Å². The zero-order valence-corrected chi connectivity index (χ0v) is 16.3. The number of nitrogens with zero attached hydrogens (tertiary/aromatic N) is 5. The summed E-state index contributed by atoms with van der Waals surface area (Å²) >= 11 is 0. The molecule has 0 radical (unpaired) electrons. The molecule has 146 valence electrons. The SMILES string of the molecule is CC(C)(C)C1CN(c2ncnc3[nH]c(-c4cccnc4)cc23)CCN1C(=O)O. The van der Waals surface area contributed by atoms with Gasteiger partial charge < -0.3 is 19.9 Å². The van der Waals surface area contributed by atoms with Crippen LogP contribution in [0, 0.1) is 5.41 Å². The number of piperazine rings is 1. The molecule has 8 nitrogen and oxygen atoms in total. The summed E-state index contributed by atoms with van der Waals surface area (Å²) in [5, 5.41) is 10.5. The molecule has 1 aliphatic rings. The van der Waals surface area contributed by atoms with Crippen LogP contribution in [0.1, 0.15) is 20.8 Å². The number of rotatable bonds is 2. The number of carboxylic acid groups (broad SMARTS) is 1. The molecule has 3 aromatic rings. The molecule has 28 heavy (non-hydrogen) atoms. The molecule has 0 spiro atoms. The van der Waals surface area contributed by atoms with Gasteiger partial charge in [0.15, 0.2) is 0 Å². The van der Waals surface area contributed by atoms with Crippen LogP contribution in [0.25, 0.3) is 22.3 Å². The lowest BCUT2D eigenvalue weighted by Crippen LogP contribution is -2.59. The molecule has 1 amide bonds. The number of anilines is 1. The summed E-state index contributed by atoms with van der Waals surface area (Å²) in [4.78, 5) is 31.8. The maximum atomic E-state index is 11.7. The van der Waals surface area contributed by atoms with Crippen LogP contribution in [0.3, 0.4) is 0 Å². The monoisotopic (exact) mass is 380 g/mol. The molecule has 1 saturated heterocycles. The van der Waals surface area contributed by atoms with E-state index in [1.807, 2.05) is 18.2 Å². The second-order valence-corrected chi connectivity index (χ2v) is 8.19. The van der Waals surface area contributed by atoms with Crippen molar-refractivity contribution < 1.29 is 9.90 Å². The van der Waals surface area contributed by atoms with E-state index < -0.39 is 6.09 Å². The van der Waals surface area contributed by atoms with Crippen molar-refractivity contribution in [2.45, 2.75) is 26.8 Å². The zero-order chi connectivity index (χ0) is 19.9. The molecule has 2 N–H and O–H groups in total. The second-order valence-electron chi connectivity index (χ2n) is 8.19. The maximum absolute atomic E-state index is 11.7. The quantitative estimate of drug-likeness (QED) is 0.708. The van der Waals surface area contributed by atoms with Crippen molar-refractivity contribution in [2.75, 3.05) is 24.5 Å². The fourth-order valence-electron chi connectivity index (χ4n) is 3.80. The molecule has 4 rings (SSSR count). The lowest BCUT2D eigenvalue weighted by Gasteiger charge is -2.46. The van der Waals surface area contributed by atoms with Gasteiger partial charge in [0, 0.05) is 43.3 Å². The Kier molecular flexibility index (Phi) is 4.41. The van der Waals surface area contributed by atoms with Crippen LogP contribution in [-0.4, -0.2) is 61.7 Å². The van der Waals surface area contributed by atoms with Crippen LogP contribution in [-0.2, 0) is 0 Å². The molecule has 1 unspecified atom stereocenters. The Morgan fingerprint density at radius 2 is 2.11 bits per heavy atom. The Bertz CT molecular complexity index is 995. The van der Waals surface area contributed by atoms with E-state index in [-0.39, 0.29) is 11.5 Å². The summed E-state index contributed by atoms with van der Waals surface area (Å²) in [6.07, 6.45) is 4.23. The predicted molar refractivity (Wildman–Crippen MR) is 107 cm³/mol. The smallest absolute Gasteiger partial charge is 0.407 e. The zero-order valence-electron chi connectivity index (χ0n) is 16.3. The molecule has 1 atom stereocenters. The minimum absolute atomic E-state index is 0.125. The van der Waals surface area contributed by atoms with E-state index in [1.54, 1.807) is 23.6 Å². The summed E-state index contributed by atoms with van der Waals surface area (Å²) in [5.74, 6) is 0.829. The van der Waals surface area contributed by atoms with Gasteiger partial charge >= 0.3 is 6.09 Å². The molecule has 0 bridgehead atoms. The van der Waals surface area contributed by atoms with Crippen LogP contribution in [0.2, 0.25) is 0 Å². The van der Waals surface area contributed by atoms with Crippen LogP contribution in [0.15, 0.2) is 36.9 Å². The maximum Gasteiger partial charge on any atom is 0.407 e. The minimum Gasteiger partial charge on any atom is -0.465 e. The lowest BCUT2D eigenvalue weighted by atomic mass is 9.84. The van der Waals surface area contributed by atoms with E-state index in [0.717, 1.165) is 28.1 Å². The molecular weight excluding hydrogens is 356 g/mol. The third kappa shape index (κ3) is 3.26. The topological polar surface area (TPSA) is 98.2 Å². The van der Waals surface area contributed by atoms with Crippen LogP contribution in [0.5, 0.6) is 0 Å². The van der Waals surface area contributed by atoms with Crippen LogP contribution >= 0.6 is 0 Å². The predicted octanol–water partition coefficient (Wildman–Crippen LogP) is 3.23. The van der Waals surface area contributed by atoms with Crippen molar-refractivity contribution in [2.24, 2.45) is 5.41 Å².